The number of carbonyl (C=O) groups is 2. The summed E-state index contributed by atoms with van der Waals surface area (Å²) in [5.74, 6) is 1.16. The normalized spacial score (nSPS) is 21.4. The molecule has 0 radical (unpaired) electrons. The Balaban J connectivity index is 1.43. The molecule has 1 aliphatic heterocycles. The molecule has 0 unspecified atom stereocenters. The van der Waals surface area contributed by atoms with E-state index in [1.165, 1.54) is 6.42 Å². The third-order valence-electron chi connectivity index (χ3n) is 5.14. The Morgan fingerprint density at radius 3 is 2.58 bits per heavy atom. The van der Waals surface area contributed by atoms with E-state index in [0.717, 1.165) is 49.4 Å². The van der Waals surface area contributed by atoms with Crippen LogP contribution in [0.25, 0.3) is 11.4 Å². The molecule has 2 aliphatic rings. The van der Waals surface area contributed by atoms with Gasteiger partial charge >= 0.3 is 11.8 Å². The largest absolute Gasteiger partial charge is 0.345 e. The zero-order valence-electron chi connectivity index (χ0n) is 14.9. The summed E-state index contributed by atoms with van der Waals surface area (Å²) in [6.07, 6.45) is 5.42. The van der Waals surface area contributed by atoms with E-state index in [9.17, 15) is 9.59 Å². The number of anilines is 1. The Labute approximate surface area is 152 Å². The van der Waals surface area contributed by atoms with Gasteiger partial charge in [0.05, 0.1) is 0 Å². The molecule has 2 aromatic rings. The highest BCUT2D eigenvalue weighted by atomic mass is 16.2. The molecule has 1 aromatic heterocycles. The van der Waals surface area contributed by atoms with Gasteiger partial charge in [0.2, 0.25) is 0 Å². The first-order valence-electron chi connectivity index (χ1n) is 9.26. The summed E-state index contributed by atoms with van der Waals surface area (Å²) in [6, 6.07) is 7.52. The Morgan fingerprint density at radius 1 is 1.08 bits per heavy atom. The minimum absolute atomic E-state index is 0.138. The van der Waals surface area contributed by atoms with Crippen molar-refractivity contribution in [1.82, 2.24) is 20.1 Å². The predicted octanol–water partition coefficient (Wildman–Crippen LogP) is 2.13. The van der Waals surface area contributed by atoms with Crippen LogP contribution in [0.1, 0.15) is 38.4 Å². The van der Waals surface area contributed by atoms with Gasteiger partial charge in [-0.3, -0.25) is 9.59 Å². The summed E-state index contributed by atoms with van der Waals surface area (Å²) in [7, 11) is 0. The van der Waals surface area contributed by atoms with Crippen molar-refractivity contribution in [1.29, 1.82) is 0 Å². The van der Waals surface area contributed by atoms with Crippen molar-refractivity contribution in [3.8, 4) is 11.4 Å². The lowest BCUT2D eigenvalue weighted by Crippen LogP contribution is -2.37. The number of amides is 2. The summed E-state index contributed by atoms with van der Waals surface area (Å²) in [5.41, 5.74) is 1.55. The third-order valence-corrected chi connectivity index (χ3v) is 5.14. The molecule has 0 bridgehead atoms. The molecule has 2 N–H and O–H groups in total. The summed E-state index contributed by atoms with van der Waals surface area (Å²) in [6.45, 7) is 2.99. The minimum atomic E-state index is -0.631. The quantitative estimate of drug-likeness (QED) is 0.828. The van der Waals surface area contributed by atoms with E-state index in [2.05, 4.69) is 25.4 Å². The molecule has 2 heterocycles. The summed E-state index contributed by atoms with van der Waals surface area (Å²) in [5, 5.41) is 14.0. The van der Waals surface area contributed by atoms with Gasteiger partial charge in [-0.1, -0.05) is 13.3 Å². The lowest BCUT2D eigenvalue weighted by atomic mass is 10.2. The van der Waals surface area contributed by atoms with E-state index in [0.29, 0.717) is 11.6 Å². The van der Waals surface area contributed by atoms with E-state index in [4.69, 9.17) is 0 Å². The van der Waals surface area contributed by atoms with Gasteiger partial charge in [-0.2, -0.15) is 0 Å². The van der Waals surface area contributed by atoms with E-state index in [-0.39, 0.29) is 6.04 Å². The molecule has 7 nitrogen and oxygen atoms in total. The van der Waals surface area contributed by atoms with Crippen molar-refractivity contribution in [2.24, 2.45) is 5.92 Å². The van der Waals surface area contributed by atoms with Crippen LogP contribution < -0.4 is 10.6 Å². The number of benzene rings is 1. The van der Waals surface area contributed by atoms with Crippen LogP contribution in [0, 0.1) is 5.92 Å². The number of rotatable bonds is 3. The highest BCUT2D eigenvalue weighted by molar-refractivity contribution is 6.39. The monoisotopic (exact) mass is 353 g/mol. The van der Waals surface area contributed by atoms with Gasteiger partial charge in [0.1, 0.15) is 5.82 Å². The molecule has 1 aliphatic carbocycles. The van der Waals surface area contributed by atoms with Gasteiger partial charge in [0.25, 0.3) is 0 Å². The lowest BCUT2D eigenvalue weighted by Gasteiger charge is -2.09. The Kier molecular flexibility index (Phi) is 4.44. The van der Waals surface area contributed by atoms with Crippen LogP contribution in [-0.4, -0.2) is 32.6 Å². The molecule has 26 heavy (non-hydrogen) atoms. The lowest BCUT2D eigenvalue weighted by molar-refractivity contribution is -0.136. The van der Waals surface area contributed by atoms with E-state index < -0.39 is 11.8 Å². The van der Waals surface area contributed by atoms with Crippen LogP contribution >= 0.6 is 0 Å². The van der Waals surface area contributed by atoms with Crippen molar-refractivity contribution < 1.29 is 9.59 Å². The first kappa shape index (κ1) is 16.8. The Morgan fingerprint density at radius 2 is 1.85 bits per heavy atom. The SMILES string of the molecule is C[C@@H]1C[C@@H]1NC(=O)C(=O)Nc1ccc(-c2nnc3n2CCCCC3)cc1. The maximum absolute atomic E-state index is 12.0. The molecule has 2 amide bonds. The van der Waals surface area contributed by atoms with Crippen molar-refractivity contribution >= 4 is 17.5 Å². The van der Waals surface area contributed by atoms with Gasteiger partial charge in [-0.15, -0.1) is 10.2 Å². The van der Waals surface area contributed by atoms with Crippen LogP contribution in [0.15, 0.2) is 24.3 Å². The highest BCUT2D eigenvalue weighted by Gasteiger charge is 2.35. The van der Waals surface area contributed by atoms with Gasteiger partial charge in [-0.25, -0.2) is 0 Å². The summed E-state index contributed by atoms with van der Waals surface area (Å²) < 4.78 is 2.19. The third kappa shape index (κ3) is 3.47. The number of aryl methyl sites for hydroxylation is 1. The van der Waals surface area contributed by atoms with Crippen molar-refractivity contribution in [3.05, 3.63) is 30.1 Å². The molecule has 136 valence electrons. The van der Waals surface area contributed by atoms with Gasteiger partial charge in [0, 0.05) is 30.3 Å². The van der Waals surface area contributed by atoms with E-state index in [1.54, 1.807) is 12.1 Å². The van der Waals surface area contributed by atoms with Gasteiger partial charge < -0.3 is 15.2 Å². The molecule has 7 heteroatoms. The molecule has 0 saturated heterocycles. The number of aromatic nitrogens is 3. The van der Waals surface area contributed by atoms with Crippen LogP contribution in [0.3, 0.4) is 0 Å². The second-order valence-electron chi connectivity index (χ2n) is 7.23. The molecule has 1 saturated carbocycles. The molecule has 1 fully saturated rings. The maximum atomic E-state index is 12.0. The Bertz CT molecular complexity index is 827. The van der Waals surface area contributed by atoms with Crippen molar-refractivity contribution in [3.63, 3.8) is 0 Å². The molecule has 4 rings (SSSR count). The van der Waals surface area contributed by atoms with Gasteiger partial charge in [0.15, 0.2) is 5.82 Å². The summed E-state index contributed by atoms with van der Waals surface area (Å²) >= 11 is 0. The average Bonchev–Trinajstić information content (AvgIpc) is 3.27. The second-order valence-corrected chi connectivity index (χ2v) is 7.23. The van der Waals surface area contributed by atoms with Crippen LogP contribution in [-0.2, 0) is 22.6 Å². The molecule has 0 spiro atoms. The number of hydrogen-bond donors (Lipinski definition) is 2. The van der Waals surface area contributed by atoms with E-state index in [1.807, 2.05) is 19.1 Å². The van der Waals surface area contributed by atoms with Crippen LogP contribution in [0.5, 0.6) is 0 Å². The Hall–Kier alpha value is -2.70. The number of carbonyl (C=O) groups excluding carboxylic acids is 2. The van der Waals surface area contributed by atoms with E-state index >= 15 is 0 Å². The molecule has 2 atom stereocenters. The number of fused-ring (bicyclic) bond motifs is 1. The fourth-order valence-electron chi connectivity index (χ4n) is 3.35. The molecular formula is C19H23N5O2. The van der Waals surface area contributed by atoms with Crippen molar-refractivity contribution in [2.75, 3.05) is 5.32 Å². The topological polar surface area (TPSA) is 88.9 Å². The minimum Gasteiger partial charge on any atom is -0.345 e. The predicted molar refractivity (Wildman–Crippen MR) is 97.4 cm³/mol. The zero-order chi connectivity index (χ0) is 18.1. The fraction of sp³-hybridized carbons (Fsp3) is 0.474. The smallest absolute Gasteiger partial charge is 0.313 e. The van der Waals surface area contributed by atoms with Crippen LogP contribution in [0.2, 0.25) is 0 Å². The first-order chi connectivity index (χ1) is 12.6. The standard InChI is InChI=1S/C19H23N5O2/c1-12-11-15(12)21-19(26)18(25)20-14-8-6-13(7-9-14)17-23-22-16-5-3-2-4-10-24(16)17/h6-9,12,15H,2-5,10-11H2,1H3,(H,20,25)(H,21,26)/t12-,15+/m1/s1. The highest BCUT2D eigenvalue weighted by Crippen LogP contribution is 2.29. The number of nitrogens with zero attached hydrogens (tertiary/aromatic N) is 3. The average molecular weight is 353 g/mol. The molecule has 1 aromatic carbocycles. The molecular weight excluding hydrogens is 330 g/mol. The summed E-state index contributed by atoms with van der Waals surface area (Å²) in [4.78, 5) is 23.8. The fourth-order valence-corrected chi connectivity index (χ4v) is 3.35. The number of hydrogen-bond acceptors (Lipinski definition) is 4. The van der Waals surface area contributed by atoms with Crippen LogP contribution in [0.4, 0.5) is 5.69 Å². The van der Waals surface area contributed by atoms with Gasteiger partial charge in [-0.05, 0) is 49.4 Å². The second kappa shape index (κ2) is 6.90. The van der Waals surface area contributed by atoms with Crippen molar-refractivity contribution in [2.45, 2.75) is 51.6 Å². The number of nitrogens with one attached hydrogen (secondary N) is 2. The first-order valence-corrected chi connectivity index (χ1v) is 9.26. The zero-order valence-corrected chi connectivity index (χ0v) is 14.9. The maximum Gasteiger partial charge on any atom is 0.313 e.